The first-order valence-corrected chi connectivity index (χ1v) is 8.60. The molecule has 0 radical (unpaired) electrons. The fourth-order valence-corrected chi connectivity index (χ4v) is 2.35. The lowest BCUT2D eigenvalue weighted by atomic mass is 10.3. The maximum absolute atomic E-state index is 11.7. The van der Waals surface area contributed by atoms with Gasteiger partial charge in [-0.25, -0.2) is 13.8 Å². The van der Waals surface area contributed by atoms with Crippen molar-refractivity contribution in [1.29, 1.82) is 0 Å². The number of hydrazone groups is 1. The SMILES string of the molecule is CS(=O)(=O)c1cccc(NCC(=O)N/N=C/c2ccncc2)c1. The van der Waals surface area contributed by atoms with Crippen molar-refractivity contribution in [3.05, 3.63) is 54.4 Å². The van der Waals surface area contributed by atoms with E-state index in [-0.39, 0.29) is 17.3 Å². The van der Waals surface area contributed by atoms with Crippen LogP contribution in [0.2, 0.25) is 0 Å². The molecule has 0 atom stereocenters. The van der Waals surface area contributed by atoms with Crippen LogP contribution in [0.1, 0.15) is 5.56 Å². The second-order valence-electron chi connectivity index (χ2n) is 4.73. The second kappa shape index (κ2) is 7.50. The van der Waals surface area contributed by atoms with Crippen LogP contribution in [0.3, 0.4) is 0 Å². The largest absolute Gasteiger partial charge is 0.376 e. The Kier molecular flexibility index (Phi) is 5.42. The van der Waals surface area contributed by atoms with Gasteiger partial charge in [0.2, 0.25) is 0 Å². The average molecular weight is 332 g/mol. The number of pyridine rings is 1. The number of carbonyl (C=O) groups is 1. The van der Waals surface area contributed by atoms with E-state index in [9.17, 15) is 13.2 Å². The summed E-state index contributed by atoms with van der Waals surface area (Å²) in [6, 6.07) is 9.78. The highest BCUT2D eigenvalue weighted by Crippen LogP contribution is 2.14. The Hall–Kier alpha value is -2.74. The van der Waals surface area contributed by atoms with Gasteiger partial charge in [-0.2, -0.15) is 5.10 Å². The van der Waals surface area contributed by atoms with E-state index in [1.165, 1.54) is 18.3 Å². The van der Waals surface area contributed by atoms with E-state index in [4.69, 9.17) is 0 Å². The molecular formula is C15H16N4O3S. The third-order valence-corrected chi connectivity index (χ3v) is 3.93. The van der Waals surface area contributed by atoms with Crippen molar-refractivity contribution in [1.82, 2.24) is 10.4 Å². The number of rotatable bonds is 6. The monoisotopic (exact) mass is 332 g/mol. The number of aromatic nitrogens is 1. The lowest BCUT2D eigenvalue weighted by Gasteiger charge is -2.06. The first-order valence-electron chi connectivity index (χ1n) is 6.71. The van der Waals surface area contributed by atoms with Gasteiger partial charge in [0.15, 0.2) is 9.84 Å². The Labute approximate surface area is 134 Å². The smallest absolute Gasteiger partial charge is 0.259 e. The lowest BCUT2D eigenvalue weighted by Crippen LogP contribution is -2.25. The molecule has 0 fully saturated rings. The Bertz CT molecular complexity index is 804. The third kappa shape index (κ3) is 5.51. The van der Waals surface area contributed by atoms with E-state index in [2.05, 4.69) is 20.8 Å². The highest BCUT2D eigenvalue weighted by molar-refractivity contribution is 7.90. The molecule has 7 nitrogen and oxygen atoms in total. The molecule has 0 saturated carbocycles. The Morgan fingerprint density at radius 3 is 2.70 bits per heavy atom. The predicted octanol–water partition coefficient (Wildman–Crippen LogP) is 1.05. The van der Waals surface area contributed by atoms with E-state index in [0.29, 0.717) is 5.69 Å². The highest BCUT2D eigenvalue weighted by Gasteiger charge is 2.07. The molecular weight excluding hydrogens is 316 g/mol. The fraction of sp³-hybridized carbons (Fsp3) is 0.133. The third-order valence-electron chi connectivity index (χ3n) is 2.82. The molecule has 0 aliphatic carbocycles. The summed E-state index contributed by atoms with van der Waals surface area (Å²) in [5.74, 6) is -0.347. The number of sulfone groups is 1. The molecule has 1 aromatic carbocycles. The van der Waals surface area contributed by atoms with Gasteiger partial charge < -0.3 is 5.32 Å². The molecule has 0 unspecified atom stereocenters. The van der Waals surface area contributed by atoms with Crippen LogP contribution >= 0.6 is 0 Å². The Balaban J connectivity index is 1.86. The first kappa shape index (κ1) is 16.6. The van der Waals surface area contributed by atoms with Gasteiger partial charge in [-0.3, -0.25) is 9.78 Å². The lowest BCUT2D eigenvalue weighted by molar-refractivity contribution is -0.119. The van der Waals surface area contributed by atoms with Crippen LogP contribution in [0.15, 0.2) is 58.8 Å². The van der Waals surface area contributed by atoms with Gasteiger partial charge in [-0.05, 0) is 35.9 Å². The van der Waals surface area contributed by atoms with Gasteiger partial charge in [0.05, 0.1) is 17.7 Å². The number of hydrogen-bond acceptors (Lipinski definition) is 6. The summed E-state index contributed by atoms with van der Waals surface area (Å²) < 4.78 is 22.9. The number of carbonyl (C=O) groups excluding carboxylic acids is 1. The average Bonchev–Trinajstić information content (AvgIpc) is 2.53. The minimum Gasteiger partial charge on any atom is -0.376 e. The van der Waals surface area contributed by atoms with E-state index >= 15 is 0 Å². The van der Waals surface area contributed by atoms with Crippen LogP contribution in [-0.4, -0.2) is 38.3 Å². The van der Waals surface area contributed by atoms with Crippen molar-refractivity contribution in [2.45, 2.75) is 4.90 Å². The summed E-state index contributed by atoms with van der Waals surface area (Å²) in [6.07, 6.45) is 5.88. The van der Waals surface area contributed by atoms with Crippen molar-refractivity contribution in [3.8, 4) is 0 Å². The molecule has 0 bridgehead atoms. The molecule has 0 aliphatic rings. The normalized spacial score (nSPS) is 11.3. The molecule has 2 rings (SSSR count). The minimum absolute atomic E-state index is 0.0269. The van der Waals surface area contributed by atoms with Gasteiger partial charge in [-0.15, -0.1) is 0 Å². The molecule has 1 aromatic heterocycles. The molecule has 1 heterocycles. The fourth-order valence-electron chi connectivity index (χ4n) is 1.69. The van der Waals surface area contributed by atoms with Crippen molar-refractivity contribution in [2.75, 3.05) is 18.1 Å². The van der Waals surface area contributed by atoms with Crippen molar-refractivity contribution in [3.63, 3.8) is 0 Å². The van der Waals surface area contributed by atoms with Crippen molar-refractivity contribution < 1.29 is 13.2 Å². The van der Waals surface area contributed by atoms with E-state index < -0.39 is 9.84 Å². The molecule has 8 heteroatoms. The van der Waals surface area contributed by atoms with E-state index in [1.807, 2.05) is 0 Å². The van der Waals surface area contributed by atoms with Gasteiger partial charge in [0.1, 0.15) is 0 Å². The number of nitrogens with zero attached hydrogens (tertiary/aromatic N) is 2. The number of anilines is 1. The second-order valence-corrected chi connectivity index (χ2v) is 6.74. The van der Waals surface area contributed by atoms with Crippen LogP contribution in [0.4, 0.5) is 5.69 Å². The van der Waals surface area contributed by atoms with Crippen LogP contribution < -0.4 is 10.7 Å². The summed E-state index contributed by atoms with van der Waals surface area (Å²) in [4.78, 5) is 15.7. The van der Waals surface area contributed by atoms with E-state index in [0.717, 1.165) is 11.8 Å². The molecule has 2 N–H and O–H groups in total. The molecule has 1 amide bonds. The highest BCUT2D eigenvalue weighted by atomic mass is 32.2. The molecule has 23 heavy (non-hydrogen) atoms. The molecule has 0 spiro atoms. The number of benzene rings is 1. The zero-order valence-electron chi connectivity index (χ0n) is 12.4. The quantitative estimate of drug-likeness (QED) is 0.608. The van der Waals surface area contributed by atoms with Crippen LogP contribution in [-0.2, 0) is 14.6 Å². The Morgan fingerprint density at radius 1 is 1.26 bits per heavy atom. The summed E-state index contributed by atoms with van der Waals surface area (Å²) >= 11 is 0. The summed E-state index contributed by atoms with van der Waals surface area (Å²) in [5, 5.41) is 6.67. The van der Waals surface area contributed by atoms with Crippen LogP contribution in [0, 0.1) is 0 Å². The van der Waals surface area contributed by atoms with Gasteiger partial charge in [0, 0.05) is 24.3 Å². The number of hydrogen-bond donors (Lipinski definition) is 2. The first-order chi connectivity index (χ1) is 10.9. The maximum Gasteiger partial charge on any atom is 0.259 e. The zero-order valence-corrected chi connectivity index (χ0v) is 13.2. The zero-order chi connectivity index (χ0) is 16.7. The van der Waals surface area contributed by atoms with Crippen LogP contribution in [0.5, 0.6) is 0 Å². The standard InChI is InChI=1S/C15H16N4O3S/c1-23(21,22)14-4-2-3-13(9-14)17-11-15(20)19-18-10-12-5-7-16-8-6-12/h2-10,17H,11H2,1H3,(H,19,20)/b18-10+. The summed E-state index contributed by atoms with van der Waals surface area (Å²) in [6.45, 7) is -0.0269. The summed E-state index contributed by atoms with van der Waals surface area (Å²) in [7, 11) is -3.28. The predicted molar refractivity (Wildman–Crippen MR) is 88.0 cm³/mol. The van der Waals surface area contributed by atoms with Crippen molar-refractivity contribution in [2.24, 2.45) is 5.10 Å². The Morgan fingerprint density at radius 2 is 2.00 bits per heavy atom. The number of amides is 1. The summed E-state index contributed by atoms with van der Waals surface area (Å²) in [5.41, 5.74) is 3.73. The van der Waals surface area contributed by atoms with Gasteiger partial charge in [-0.1, -0.05) is 6.07 Å². The molecule has 0 saturated heterocycles. The number of nitrogens with one attached hydrogen (secondary N) is 2. The molecule has 2 aromatic rings. The van der Waals surface area contributed by atoms with Crippen LogP contribution in [0.25, 0.3) is 0 Å². The van der Waals surface area contributed by atoms with Gasteiger partial charge in [0.25, 0.3) is 5.91 Å². The minimum atomic E-state index is -3.28. The maximum atomic E-state index is 11.7. The van der Waals surface area contributed by atoms with Gasteiger partial charge >= 0.3 is 0 Å². The van der Waals surface area contributed by atoms with Crippen molar-refractivity contribution >= 4 is 27.6 Å². The van der Waals surface area contributed by atoms with E-state index in [1.54, 1.807) is 36.7 Å². The molecule has 0 aliphatic heterocycles. The topological polar surface area (TPSA) is 101 Å². The molecule has 120 valence electrons.